The van der Waals surface area contributed by atoms with Gasteiger partial charge in [-0.25, -0.2) is 4.98 Å². The monoisotopic (exact) mass is 423 g/mol. The average molecular weight is 424 g/mol. The SMILES string of the molecule is CC(C)C(=O)N(C)C1CCN(Cc2ccc(Oc3nc4ccccc4s3)cc2)CC1. The summed E-state index contributed by atoms with van der Waals surface area (Å²) in [4.78, 5) is 21.2. The minimum absolute atomic E-state index is 0.0662. The molecule has 4 rings (SSSR count). The first-order chi connectivity index (χ1) is 14.5. The second kappa shape index (κ2) is 9.14. The molecule has 1 aliphatic rings. The summed E-state index contributed by atoms with van der Waals surface area (Å²) in [6, 6.07) is 16.7. The number of nitrogens with zero attached hydrogens (tertiary/aromatic N) is 3. The number of rotatable bonds is 6. The number of aromatic nitrogens is 1. The fraction of sp³-hybridized carbons (Fsp3) is 0.417. The van der Waals surface area contributed by atoms with Crippen molar-refractivity contribution in [3.63, 3.8) is 0 Å². The number of fused-ring (bicyclic) bond motifs is 1. The minimum Gasteiger partial charge on any atom is -0.431 e. The van der Waals surface area contributed by atoms with E-state index in [1.165, 1.54) is 5.56 Å². The zero-order chi connectivity index (χ0) is 21.1. The van der Waals surface area contributed by atoms with Gasteiger partial charge in [0.15, 0.2) is 0 Å². The van der Waals surface area contributed by atoms with Gasteiger partial charge in [0.25, 0.3) is 5.19 Å². The number of ether oxygens (including phenoxy) is 1. The second-order valence-electron chi connectivity index (χ2n) is 8.30. The lowest BCUT2D eigenvalue weighted by molar-refractivity contribution is -0.136. The third-order valence-corrected chi connectivity index (χ3v) is 6.67. The minimum atomic E-state index is 0.0662. The lowest BCUT2D eigenvalue weighted by Crippen LogP contribution is -2.46. The van der Waals surface area contributed by atoms with Crippen molar-refractivity contribution in [1.29, 1.82) is 0 Å². The van der Waals surface area contributed by atoms with Crippen LogP contribution in [-0.2, 0) is 11.3 Å². The van der Waals surface area contributed by atoms with Crippen molar-refractivity contribution in [3.8, 4) is 10.9 Å². The van der Waals surface area contributed by atoms with Gasteiger partial charge in [0.1, 0.15) is 5.75 Å². The molecule has 158 valence electrons. The van der Waals surface area contributed by atoms with Gasteiger partial charge in [0.2, 0.25) is 5.91 Å². The van der Waals surface area contributed by atoms with Crippen LogP contribution in [0.2, 0.25) is 0 Å². The molecule has 30 heavy (non-hydrogen) atoms. The summed E-state index contributed by atoms with van der Waals surface area (Å²) in [7, 11) is 1.95. The van der Waals surface area contributed by atoms with E-state index in [0.29, 0.717) is 11.2 Å². The number of para-hydroxylation sites is 1. The van der Waals surface area contributed by atoms with Crippen LogP contribution < -0.4 is 4.74 Å². The predicted octanol–water partition coefficient (Wildman–Crippen LogP) is 5.17. The van der Waals surface area contributed by atoms with E-state index in [1.54, 1.807) is 11.3 Å². The molecule has 0 atom stereocenters. The summed E-state index contributed by atoms with van der Waals surface area (Å²) in [5.41, 5.74) is 2.25. The number of carbonyl (C=O) groups excluding carboxylic acids is 1. The van der Waals surface area contributed by atoms with Crippen LogP contribution in [0.4, 0.5) is 0 Å². The molecular weight excluding hydrogens is 394 g/mol. The highest BCUT2D eigenvalue weighted by atomic mass is 32.1. The Kier molecular flexibility index (Phi) is 6.35. The fourth-order valence-electron chi connectivity index (χ4n) is 3.97. The van der Waals surface area contributed by atoms with Crippen LogP contribution in [-0.4, -0.2) is 46.9 Å². The molecule has 0 saturated carbocycles. The number of carbonyl (C=O) groups is 1. The van der Waals surface area contributed by atoms with Gasteiger partial charge < -0.3 is 9.64 Å². The molecule has 6 heteroatoms. The zero-order valence-corrected chi connectivity index (χ0v) is 18.7. The standard InChI is InChI=1S/C24H29N3O2S/c1-17(2)23(28)26(3)19-12-14-27(15-13-19)16-18-8-10-20(11-9-18)29-24-25-21-6-4-5-7-22(21)30-24/h4-11,17,19H,12-16H2,1-3H3. The molecule has 0 radical (unpaired) electrons. The third kappa shape index (κ3) is 4.82. The van der Waals surface area contributed by atoms with E-state index in [1.807, 2.05) is 56.1 Å². The molecule has 1 saturated heterocycles. The van der Waals surface area contributed by atoms with Gasteiger partial charge in [-0.15, -0.1) is 0 Å². The predicted molar refractivity (Wildman–Crippen MR) is 122 cm³/mol. The van der Waals surface area contributed by atoms with Crippen LogP contribution in [0.3, 0.4) is 0 Å². The van der Waals surface area contributed by atoms with E-state index in [9.17, 15) is 4.79 Å². The number of amides is 1. The number of hydrogen-bond acceptors (Lipinski definition) is 5. The van der Waals surface area contributed by atoms with Gasteiger partial charge in [0.05, 0.1) is 10.2 Å². The summed E-state index contributed by atoms with van der Waals surface area (Å²) < 4.78 is 7.08. The van der Waals surface area contributed by atoms with Crippen LogP contribution in [0.25, 0.3) is 10.2 Å². The van der Waals surface area contributed by atoms with E-state index < -0.39 is 0 Å². The maximum Gasteiger partial charge on any atom is 0.279 e. The Bertz CT molecular complexity index is 958. The molecule has 0 bridgehead atoms. The molecule has 0 N–H and O–H groups in total. The molecule has 1 aromatic heterocycles. The first-order valence-electron chi connectivity index (χ1n) is 10.6. The number of likely N-dealkylation sites (tertiary alicyclic amines) is 1. The molecule has 0 spiro atoms. The topological polar surface area (TPSA) is 45.7 Å². The van der Waals surface area contributed by atoms with Crippen molar-refractivity contribution in [2.75, 3.05) is 20.1 Å². The van der Waals surface area contributed by atoms with Gasteiger partial charge in [-0.2, -0.15) is 0 Å². The second-order valence-corrected chi connectivity index (χ2v) is 9.30. The molecule has 2 heterocycles. The van der Waals surface area contributed by atoms with Crippen molar-refractivity contribution < 1.29 is 9.53 Å². The van der Waals surface area contributed by atoms with Crippen LogP contribution >= 0.6 is 11.3 Å². The number of hydrogen-bond donors (Lipinski definition) is 0. The highest BCUT2D eigenvalue weighted by Crippen LogP contribution is 2.31. The maximum atomic E-state index is 12.2. The van der Waals surface area contributed by atoms with Crippen molar-refractivity contribution in [3.05, 3.63) is 54.1 Å². The molecule has 3 aromatic rings. The number of thiazole rings is 1. The van der Waals surface area contributed by atoms with Crippen molar-refractivity contribution in [2.24, 2.45) is 5.92 Å². The number of benzene rings is 2. The smallest absolute Gasteiger partial charge is 0.279 e. The Balaban J connectivity index is 1.29. The zero-order valence-electron chi connectivity index (χ0n) is 17.9. The summed E-state index contributed by atoms with van der Waals surface area (Å²) in [5, 5.41) is 0.672. The quantitative estimate of drug-likeness (QED) is 0.549. The lowest BCUT2D eigenvalue weighted by Gasteiger charge is -2.37. The third-order valence-electron chi connectivity index (χ3n) is 5.76. The molecule has 2 aromatic carbocycles. The molecule has 1 amide bonds. The molecule has 5 nitrogen and oxygen atoms in total. The molecule has 0 unspecified atom stereocenters. The summed E-state index contributed by atoms with van der Waals surface area (Å²) in [5.74, 6) is 1.12. The maximum absolute atomic E-state index is 12.2. The van der Waals surface area contributed by atoms with Crippen molar-refractivity contribution in [1.82, 2.24) is 14.8 Å². The van der Waals surface area contributed by atoms with E-state index in [0.717, 1.165) is 48.4 Å². The highest BCUT2D eigenvalue weighted by Gasteiger charge is 2.26. The van der Waals surface area contributed by atoms with Gasteiger partial charge in [-0.1, -0.05) is 49.4 Å². The van der Waals surface area contributed by atoms with Crippen molar-refractivity contribution >= 4 is 27.5 Å². The summed E-state index contributed by atoms with van der Waals surface area (Å²) in [6.45, 7) is 6.90. The first-order valence-corrected chi connectivity index (χ1v) is 11.4. The van der Waals surface area contributed by atoms with Crippen LogP contribution in [0.5, 0.6) is 10.9 Å². The van der Waals surface area contributed by atoms with Crippen LogP contribution in [0.15, 0.2) is 48.5 Å². The Hall–Kier alpha value is -2.44. The van der Waals surface area contributed by atoms with Gasteiger partial charge >= 0.3 is 0 Å². The van der Waals surface area contributed by atoms with Gasteiger partial charge in [-0.05, 0) is 42.7 Å². The highest BCUT2D eigenvalue weighted by molar-refractivity contribution is 7.20. The van der Waals surface area contributed by atoms with Gasteiger partial charge in [-0.3, -0.25) is 9.69 Å². The molecule has 1 aliphatic heterocycles. The normalized spacial score (nSPS) is 15.6. The van der Waals surface area contributed by atoms with E-state index in [4.69, 9.17) is 4.74 Å². The van der Waals surface area contributed by atoms with Crippen LogP contribution in [0.1, 0.15) is 32.3 Å². The Morgan fingerprint density at radius 1 is 1.17 bits per heavy atom. The fourth-order valence-corrected chi connectivity index (χ4v) is 4.80. The molecular formula is C24H29N3O2S. The van der Waals surface area contributed by atoms with Crippen LogP contribution in [0, 0.1) is 5.92 Å². The first kappa shape index (κ1) is 20.8. The Morgan fingerprint density at radius 2 is 1.87 bits per heavy atom. The number of piperidine rings is 1. The van der Waals surface area contributed by atoms with E-state index in [2.05, 4.69) is 28.1 Å². The van der Waals surface area contributed by atoms with E-state index in [-0.39, 0.29) is 11.8 Å². The average Bonchev–Trinajstić information content (AvgIpc) is 3.17. The molecule has 0 aliphatic carbocycles. The largest absolute Gasteiger partial charge is 0.431 e. The summed E-state index contributed by atoms with van der Waals surface area (Å²) >= 11 is 1.56. The van der Waals surface area contributed by atoms with Crippen molar-refractivity contribution in [2.45, 2.75) is 39.3 Å². The van der Waals surface area contributed by atoms with Gasteiger partial charge in [0, 0.05) is 38.6 Å². The Labute approximate surface area is 182 Å². The molecule has 1 fully saturated rings. The lowest BCUT2D eigenvalue weighted by atomic mass is 10.0. The van der Waals surface area contributed by atoms with E-state index >= 15 is 0 Å². The Morgan fingerprint density at radius 3 is 2.53 bits per heavy atom. The summed E-state index contributed by atoms with van der Waals surface area (Å²) in [6.07, 6.45) is 2.07.